The first-order valence-electron chi connectivity index (χ1n) is 28.6. The topological polar surface area (TPSA) is 21.7 Å². The summed E-state index contributed by atoms with van der Waals surface area (Å²) in [5.41, 5.74) is 25.7. The lowest BCUT2D eigenvalue weighted by molar-refractivity contribution is 0.436. The molecule has 0 saturated carbocycles. The van der Waals surface area contributed by atoms with Crippen LogP contribution < -0.4 is 14.4 Å². The van der Waals surface area contributed by atoms with E-state index in [2.05, 4.69) is 314 Å². The third-order valence-electron chi connectivity index (χ3n) is 18.0. The van der Waals surface area contributed by atoms with Crippen molar-refractivity contribution in [3.05, 3.63) is 354 Å². The van der Waals surface area contributed by atoms with E-state index in [0.29, 0.717) is 0 Å². The van der Waals surface area contributed by atoms with Crippen molar-refractivity contribution in [2.45, 2.75) is 10.8 Å². The Morgan fingerprint density at radius 2 is 0.602 bits per heavy atom. The van der Waals surface area contributed by atoms with Crippen molar-refractivity contribution in [2.75, 3.05) is 4.90 Å². The molecule has 2 aliphatic carbocycles. The van der Waals surface area contributed by atoms with Crippen molar-refractivity contribution in [1.82, 2.24) is 0 Å². The number of ether oxygens (including phenoxy) is 2. The van der Waals surface area contributed by atoms with Crippen molar-refractivity contribution in [3.8, 4) is 89.8 Å². The second-order valence-corrected chi connectivity index (χ2v) is 22.1. The minimum atomic E-state index is -0.616. The summed E-state index contributed by atoms with van der Waals surface area (Å²) in [6.45, 7) is 0. The van der Waals surface area contributed by atoms with E-state index >= 15 is 0 Å². The Morgan fingerprint density at radius 1 is 0.217 bits per heavy atom. The smallest absolute Gasteiger partial charge is 0.132 e. The molecule has 0 amide bonds. The normalized spacial score (nSPS) is 13.7. The minimum Gasteiger partial charge on any atom is -0.457 e. The molecule has 0 atom stereocenters. The monoisotopic (exact) mass is 1060 g/mol. The molecule has 2 aliphatic heterocycles. The summed E-state index contributed by atoms with van der Waals surface area (Å²) < 4.78 is 13.5. The van der Waals surface area contributed by atoms with E-state index in [1.54, 1.807) is 0 Å². The maximum absolute atomic E-state index is 6.77. The van der Waals surface area contributed by atoms with Crippen molar-refractivity contribution in [3.63, 3.8) is 0 Å². The molecule has 0 unspecified atom stereocenters. The van der Waals surface area contributed by atoms with Crippen LogP contribution in [-0.4, -0.2) is 0 Å². The number of anilines is 3. The molecule has 4 aliphatic rings. The van der Waals surface area contributed by atoms with Gasteiger partial charge in [-0.15, -0.1) is 0 Å². The minimum absolute atomic E-state index is 0.613. The van der Waals surface area contributed by atoms with Crippen molar-refractivity contribution in [1.29, 1.82) is 0 Å². The fourth-order valence-electron chi connectivity index (χ4n) is 14.7. The Kier molecular flexibility index (Phi) is 10.4. The molecular weight excluding hydrogens is 1010 g/mol. The van der Waals surface area contributed by atoms with Gasteiger partial charge in [0, 0.05) is 39.1 Å². The summed E-state index contributed by atoms with van der Waals surface area (Å²) in [4.78, 5) is 2.50. The van der Waals surface area contributed by atoms with Gasteiger partial charge in [-0.1, -0.05) is 249 Å². The fraction of sp³-hybridized carbons (Fsp3) is 0.0250. The molecule has 0 bridgehead atoms. The molecule has 0 radical (unpaired) electrons. The van der Waals surface area contributed by atoms with Gasteiger partial charge >= 0.3 is 0 Å². The molecule has 0 fully saturated rings. The Labute approximate surface area is 483 Å². The highest BCUT2D eigenvalue weighted by molar-refractivity contribution is 6.02. The highest BCUT2D eigenvalue weighted by Crippen LogP contribution is 2.65. The van der Waals surface area contributed by atoms with E-state index < -0.39 is 10.8 Å². The zero-order chi connectivity index (χ0) is 54.6. The van der Waals surface area contributed by atoms with Gasteiger partial charge in [0.1, 0.15) is 23.0 Å². The first-order valence-corrected chi connectivity index (χ1v) is 28.6. The van der Waals surface area contributed by atoms with Gasteiger partial charge in [0.25, 0.3) is 0 Å². The molecule has 2 spiro atoms. The maximum atomic E-state index is 6.77. The molecule has 13 aromatic carbocycles. The SMILES string of the molecule is c1ccc(-c2cccc(-c3ccc(N(c4ccccc4-c4ccc5c(c4)C4(c6ccccc6Oc6ccccc64)c4ccccc4-5)c4ccccc4-c4cccc5c4-c4ccccc4C54c5ccccc5Oc5ccccc54)cc3)c2)cc1. The standard InChI is InChI=1S/C80H51NO2/c1-2-22-52(23-3-1)54-24-20-25-55(50-54)53-44-47-57(48-45-53)81(72-38-14-6-26-58(72)56-46-49-60-59-27-4-8-31-64(59)80(71(60)51-56)68-35-12-18-42-76(68)83-77-43-19-13-36-69(77)80)73-39-15-7-28-61(73)62-30-21-37-70-78(62)63-29-5-9-32-65(63)79(70)66-33-10-16-40-74(66)82-75-41-17-11-34-67(75)79/h1-51H. The van der Waals surface area contributed by atoms with Crippen LogP contribution in [0.5, 0.6) is 23.0 Å². The van der Waals surface area contributed by atoms with Gasteiger partial charge in [0.15, 0.2) is 0 Å². The quantitative estimate of drug-likeness (QED) is 0.159. The molecule has 3 nitrogen and oxygen atoms in total. The summed E-state index contributed by atoms with van der Waals surface area (Å²) in [5, 5.41) is 0. The lowest BCUT2D eigenvalue weighted by atomic mass is 9.66. The number of rotatable bonds is 7. The molecule has 388 valence electrons. The van der Waals surface area contributed by atoms with Gasteiger partial charge in [-0.25, -0.2) is 0 Å². The van der Waals surface area contributed by atoms with Gasteiger partial charge < -0.3 is 14.4 Å². The van der Waals surface area contributed by atoms with E-state index in [1.807, 2.05) is 0 Å². The molecule has 17 rings (SSSR count). The molecular formula is C80H51NO2. The summed E-state index contributed by atoms with van der Waals surface area (Å²) >= 11 is 0. The van der Waals surface area contributed by atoms with Crippen molar-refractivity contribution in [2.24, 2.45) is 0 Å². The van der Waals surface area contributed by atoms with Crippen LogP contribution in [0.3, 0.4) is 0 Å². The number of benzene rings is 13. The Balaban J connectivity index is 0.890. The van der Waals surface area contributed by atoms with Gasteiger partial charge in [-0.05, 0) is 139 Å². The molecule has 0 aromatic heterocycles. The van der Waals surface area contributed by atoms with Crippen LogP contribution in [0.15, 0.2) is 309 Å². The van der Waals surface area contributed by atoms with E-state index in [0.717, 1.165) is 90.1 Å². The van der Waals surface area contributed by atoms with Gasteiger partial charge in [-0.2, -0.15) is 0 Å². The van der Waals surface area contributed by atoms with Crippen LogP contribution in [0.25, 0.3) is 66.8 Å². The average molecular weight is 1060 g/mol. The summed E-state index contributed by atoms with van der Waals surface area (Å²) in [6, 6.07) is 113. The molecule has 83 heavy (non-hydrogen) atoms. The van der Waals surface area contributed by atoms with Crippen LogP contribution >= 0.6 is 0 Å². The molecule has 0 saturated heterocycles. The lowest BCUT2D eigenvalue weighted by Gasteiger charge is -2.39. The number of hydrogen-bond acceptors (Lipinski definition) is 3. The van der Waals surface area contributed by atoms with E-state index in [4.69, 9.17) is 9.47 Å². The number of fused-ring (bicyclic) bond motifs is 18. The molecule has 0 N–H and O–H groups in total. The average Bonchev–Trinajstić information content (AvgIpc) is 2.06. The Bertz CT molecular complexity index is 4670. The number of para-hydroxylation sites is 6. The highest BCUT2D eigenvalue weighted by Gasteiger charge is 2.53. The summed E-state index contributed by atoms with van der Waals surface area (Å²) in [5.74, 6) is 3.52. The van der Waals surface area contributed by atoms with Crippen LogP contribution in [-0.2, 0) is 10.8 Å². The predicted molar refractivity (Wildman–Crippen MR) is 338 cm³/mol. The lowest BCUT2D eigenvalue weighted by Crippen LogP contribution is -2.32. The second-order valence-electron chi connectivity index (χ2n) is 22.1. The van der Waals surface area contributed by atoms with Gasteiger partial charge in [0.2, 0.25) is 0 Å². The first-order chi connectivity index (χ1) is 41.2. The van der Waals surface area contributed by atoms with E-state index in [9.17, 15) is 0 Å². The zero-order valence-corrected chi connectivity index (χ0v) is 45.2. The summed E-state index contributed by atoms with van der Waals surface area (Å²) in [7, 11) is 0. The van der Waals surface area contributed by atoms with Crippen LogP contribution in [0.2, 0.25) is 0 Å². The van der Waals surface area contributed by atoms with E-state index in [1.165, 1.54) is 61.2 Å². The largest absolute Gasteiger partial charge is 0.457 e. The molecule has 13 aromatic rings. The second kappa shape index (κ2) is 18.4. The van der Waals surface area contributed by atoms with Crippen LogP contribution in [0.4, 0.5) is 17.1 Å². The van der Waals surface area contributed by atoms with Gasteiger partial charge in [-0.3, -0.25) is 0 Å². The van der Waals surface area contributed by atoms with Crippen molar-refractivity contribution >= 4 is 17.1 Å². The molecule has 2 heterocycles. The third-order valence-corrected chi connectivity index (χ3v) is 18.0. The predicted octanol–water partition coefficient (Wildman–Crippen LogP) is 20.8. The Hall–Kier alpha value is -10.7. The van der Waals surface area contributed by atoms with E-state index in [-0.39, 0.29) is 0 Å². The maximum Gasteiger partial charge on any atom is 0.132 e. The third kappa shape index (κ3) is 6.80. The van der Waals surface area contributed by atoms with Crippen molar-refractivity contribution < 1.29 is 9.47 Å². The fourth-order valence-corrected chi connectivity index (χ4v) is 14.7. The number of hydrogen-bond donors (Lipinski definition) is 0. The Morgan fingerprint density at radius 3 is 1.20 bits per heavy atom. The first kappa shape index (κ1) is 47.1. The highest BCUT2D eigenvalue weighted by atomic mass is 16.5. The zero-order valence-electron chi connectivity index (χ0n) is 45.2. The van der Waals surface area contributed by atoms with Gasteiger partial charge in [0.05, 0.1) is 22.2 Å². The summed E-state index contributed by atoms with van der Waals surface area (Å²) in [6.07, 6.45) is 0. The molecule has 3 heteroatoms. The van der Waals surface area contributed by atoms with Crippen LogP contribution in [0.1, 0.15) is 44.5 Å². The number of nitrogens with zero attached hydrogens (tertiary/aromatic N) is 1. The van der Waals surface area contributed by atoms with Crippen LogP contribution in [0, 0.1) is 0 Å².